The van der Waals surface area contributed by atoms with E-state index in [2.05, 4.69) is 23.5 Å². The number of esters is 1. The summed E-state index contributed by atoms with van der Waals surface area (Å²) in [6.07, 6.45) is 1.71. The van der Waals surface area contributed by atoms with Gasteiger partial charge in [0.05, 0.1) is 43.1 Å². The third-order valence-electron chi connectivity index (χ3n) is 6.46. The molecule has 8 heteroatoms. The molecule has 2 aliphatic heterocycles. The van der Waals surface area contributed by atoms with E-state index in [1.807, 2.05) is 60.6 Å². The van der Waals surface area contributed by atoms with E-state index in [9.17, 15) is 9.59 Å². The predicted molar refractivity (Wildman–Crippen MR) is 149 cm³/mol. The highest BCUT2D eigenvalue weighted by Crippen LogP contribution is 2.47. The van der Waals surface area contributed by atoms with Crippen molar-refractivity contribution in [2.24, 2.45) is 4.99 Å². The van der Waals surface area contributed by atoms with E-state index in [0.717, 1.165) is 33.1 Å². The van der Waals surface area contributed by atoms with Crippen LogP contribution >= 0.6 is 11.8 Å². The minimum absolute atomic E-state index is 0.130. The lowest BCUT2D eigenvalue weighted by Gasteiger charge is -2.37. The molecular formula is C30H29N3O4S. The number of rotatable bonds is 8. The second-order valence-corrected chi connectivity index (χ2v) is 9.97. The SMILES string of the molecule is CCOC(=O)C1=C(c2ccccc2)N=C2SC=C(CC(=O)NCc3ccco3)N2C1c1cc(C)ccc1C. The molecule has 0 aliphatic carbocycles. The Morgan fingerprint density at radius 2 is 1.92 bits per heavy atom. The van der Waals surface area contributed by atoms with Crippen LogP contribution in [0, 0.1) is 13.8 Å². The standard InChI is InChI=1S/C30H29N3O4S/c1-4-36-29(35)26-27(21-9-6-5-7-10-21)32-30-33(28(26)24-15-19(2)12-13-20(24)3)22(18-38-30)16-25(34)31-17-23-11-8-14-37-23/h5-15,18,28H,4,16-17H2,1-3H3,(H,31,34). The van der Waals surface area contributed by atoms with Crippen LogP contribution in [0.15, 0.2) is 93.0 Å². The molecule has 1 atom stereocenters. The van der Waals surface area contributed by atoms with Gasteiger partial charge in [-0.2, -0.15) is 0 Å². The number of fused-ring (bicyclic) bond motifs is 1. The summed E-state index contributed by atoms with van der Waals surface area (Å²) in [6.45, 7) is 6.41. The largest absolute Gasteiger partial charge is 0.467 e. The van der Waals surface area contributed by atoms with Crippen LogP contribution in [0.25, 0.3) is 5.70 Å². The molecule has 1 amide bonds. The van der Waals surface area contributed by atoms with Gasteiger partial charge in [-0.1, -0.05) is 65.9 Å². The number of aryl methyl sites for hydroxylation is 2. The Morgan fingerprint density at radius 3 is 2.66 bits per heavy atom. The molecule has 1 N–H and O–H groups in total. The van der Waals surface area contributed by atoms with Gasteiger partial charge in [-0.25, -0.2) is 9.79 Å². The Bertz CT molecular complexity index is 1440. The normalized spacial score (nSPS) is 16.6. The van der Waals surface area contributed by atoms with Crippen LogP contribution in [-0.4, -0.2) is 28.6 Å². The molecule has 0 radical (unpaired) electrons. The number of ether oxygens (including phenoxy) is 1. The molecule has 3 heterocycles. The number of hydrogen-bond acceptors (Lipinski definition) is 7. The maximum atomic E-state index is 13.6. The molecule has 38 heavy (non-hydrogen) atoms. The summed E-state index contributed by atoms with van der Waals surface area (Å²) in [7, 11) is 0. The lowest BCUT2D eigenvalue weighted by Crippen LogP contribution is -2.38. The van der Waals surface area contributed by atoms with E-state index in [-0.39, 0.29) is 18.9 Å². The van der Waals surface area contributed by atoms with Crippen LogP contribution in [-0.2, 0) is 20.9 Å². The van der Waals surface area contributed by atoms with Gasteiger partial charge < -0.3 is 19.4 Å². The Labute approximate surface area is 226 Å². The quantitative estimate of drug-likeness (QED) is 0.369. The number of nitrogens with one attached hydrogen (secondary N) is 1. The van der Waals surface area contributed by atoms with Crippen molar-refractivity contribution < 1.29 is 18.7 Å². The number of carbonyl (C=O) groups excluding carboxylic acids is 2. The zero-order valence-electron chi connectivity index (χ0n) is 21.6. The molecule has 1 aromatic heterocycles. The molecule has 3 aromatic rings. The molecule has 2 aliphatic rings. The first kappa shape index (κ1) is 25.6. The van der Waals surface area contributed by atoms with Gasteiger partial charge in [0.1, 0.15) is 5.76 Å². The third kappa shape index (κ3) is 5.17. The fraction of sp³-hybridized carbons (Fsp3) is 0.233. The summed E-state index contributed by atoms with van der Waals surface area (Å²) in [6, 6.07) is 19.0. The zero-order valence-corrected chi connectivity index (χ0v) is 22.4. The number of hydrogen-bond donors (Lipinski definition) is 1. The van der Waals surface area contributed by atoms with Gasteiger partial charge in [-0.05, 0) is 49.4 Å². The van der Waals surface area contributed by atoms with Gasteiger partial charge in [0.25, 0.3) is 0 Å². The van der Waals surface area contributed by atoms with Crippen molar-refractivity contribution in [2.45, 2.75) is 39.8 Å². The number of benzene rings is 2. The Kier molecular flexibility index (Phi) is 7.51. The number of aliphatic imine (C=N–C) groups is 1. The smallest absolute Gasteiger partial charge is 0.338 e. The first-order chi connectivity index (χ1) is 18.5. The molecule has 194 valence electrons. The van der Waals surface area contributed by atoms with Gasteiger partial charge in [0, 0.05) is 11.3 Å². The summed E-state index contributed by atoms with van der Waals surface area (Å²) < 4.78 is 10.9. The molecule has 0 fully saturated rings. The number of nitrogens with zero attached hydrogens (tertiary/aromatic N) is 2. The van der Waals surface area contributed by atoms with Crippen LogP contribution in [0.1, 0.15) is 47.4 Å². The van der Waals surface area contributed by atoms with E-state index < -0.39 is 12.0 Å². The average molecular weight is 528 g/mol. The van der Waals surface area contributed by atoms with Crippen molar-refractivity contribution in [1.82, 2.24) is 10.2 Å². The molecule has 2 aromatic carbocycles. The summed E-state index contributed by atoms with van der Waals surface area (Å²) in [4.78, 5) is 33.6. The van der Waals surface area contributed by atoms with Crippen LogP contribution < -0.4 is 5.32 Å². The fourth-order valence-corrected chi connectivity index (χ4v) is 5.58. The van der Waals surface area contributed by atoms with Gasteiger partial charge >= 0.3 is 5.97 Å². The first-order valence-electron chi connectivity index (χ1n) is 12.5. The second kappa shape index (κ2) is 11.1. The van der Waals surface area contributed by atoms with Gasteiger partial charge in [0.15, 0.2) is 5.17 Å². The maximum absolute atomic E-state index is 13.6. The van der Waals surface area contributed by atoms with Gasteiger partial charge in [-0.15, -0.1) is 0 Å². The summed E-state index contributed by atoms with van der Waals surface area (Å²) in [5.41, 5.74) is 5.74. The number of carbonyl (C=O) groups is 2. The van der Waals surface area contributed by atoms with Crippen LogP contribution in [0.2, 0.25) is 0 Å². The second-order valence-electron chi connectivity index (χ2n) is 9.14. The van der Waals surface area contributed by atoms with Crippen molar-refractivity contribution in [1.29, 1.82) is 0 Å². The molecule has 7 nitrogen and oxygen atoms in total. The lowest BCUT2D eigenvalue weighted by atomic mass is 9.88. The van der Waals surface area contributed by atoms with Gasteiger partial charge in [-0.3, -0.25) is 4.79 Å². The third-order valence-corrected chi connectivity index (χ3v) is 7.35. The van der Waals surface area contributed by atoms with Gasteiger partial charge in [0.2, 0.25) is 5.91 Å². The van der Waals surface area contributed by atoms with E-state index in [0.29, 0.717) is 23.6 Å². The van der Waals surface area contributed by atoms with Crippen molar-refractivity contribution in [3.63, 3.8) is 0 Å². The van der Waals surface area contributed by atoms with Crippen LogP contribution in [0.3, 0.4) is 0 Å². The molecule has 0 spiro atoms. The van der Waals surface area contributed by atoms with Crippen molar-refractivity contribution in [2.75, 3.05) is 6.61 Å². The number of furan rings is 1. The minimum Gasteiger partial charge on any atom is -0.467 e. The Hall–Kier alpha value is -4.04. The number of amides is 1. The number of thioether (sulfide) groups is 1. The van der Waals surface area contributed by atoms with E-state index in [4.69, 9.17) is 14.1 Å². The lowest BCUT2D eigenvalue weighted by molar-refractivity contribution is -0.139. The fourth-order valence-electron chi connectivity index (χ4n) is 4.66. The molecule has 0 bridgehead atoms. The number of amidine groups is 1. The average Bonchev–Trinajstić information content (AvgIpc) is 3.59. The molecule has 1 unspecified atom stereocenters. The molecule has 5 rings (SSSR count). The highest BCUT2D eigenvalue weighted by molar-refractivity contribution is 8.16. The minimum atomic E-state index is -0.504. The maximum Gasteiger partial charge on any atom is 0.338 e. The Balaban J connectivity index is 1.58. The van der Waals surface area contributed by atoms with E-state index in [1.54, 1.807) is 19.3 Å². The van der Waals surface area contributed by atoms with E-state index >= 15 is 0 Å². The van der Waals surface area contributed by atoms with Crippen LogP contribution in [0.5, 0.6) is 0 Å². The molecule has 0 saturated heterocycles. The molecule has 0 saturated carbocycles. The highest BCUT2D eigenvalue weighted by atomic mass is 32.2. The monoisotopic (exact) mass is 527 g/mol. The molecular weight excluding hydrogens is 498 g/mol. The topological polar surface area (TPSA) is 84.1 Å². The Morgan fingerprint density at radius 1 is 1.11 bits per heavy atom. The summed E-state index contributed by atoms with van der Waals surface area (Å²) >= 11 is 1.46. The summed E-state index contributed by atoms with van der Waals surface area (Å²) in [5.74, 6) is 0.116. The summed E-state index contributed by atoms with van der Waals surface area (Å²) in [5, 5.41) is 5.58. The zero-order chi connectivity index (χ0) is 26.6. The van der Waals surface area contributed by atoms with Crippen LogP contribution in [0.4, 0.5) is 0 Å². The van der Waals surface area contributed by atoms with E-state index in [1.165, 1.54) is 11.8 Å². The van der Waals surface area contributed by atoms with Crippen molar-refractivity contribution >= 4 is 34.5 Å². The first-order valence-corrected chi connectivity index (χ1v) is 13.4. The predicted octanol–water partition coefficient (Wildman–Crippen LogP) is 5.88. The van der Waals surface area contributed by atoms with Crippen molar-refractivity contribution in [3.05, 3.63) is 112 Å². The highest BCUT2D eigenvalue weighted by Gasteiger charge is 2.42. The van der Waals surface area contributed by atoms with Crippen molar-refractivity contribution in [3.8, 4) is 0 Å².